The molecule has 0 saturated carbocycles. The molecule has 1 fully saturated rings. The SMILES string of the molecule is CCCC1CCN(C(=O)c2ccc(F)cc2C)CC1. The highest BCUT2D eigenvalue weighted by Crippen LogP contribution is 2.23. The van der Waals surface area contributed by atoms with E-state index in [9.17, 15) is 9.18 Å². The van der Waals surface area contributed by atoms with Crippen LogP contribution in [0, 0.1) is 18.7 Å². The van der Waals surface area contributed by atoms with Gasteiger partial charge in [0, 0.05) is 18.7 Å². The maximum Gasteiger partial charge on any atom is 0.254 e. The van der Waals surface area contributed by atoms with Gasteiger partial charge in [0.05, 0.1) is 0 Å². The van der Waals surface area contributed by atoms with Crippen molar-refractivity contribution < 1.29 is 9.18 Å². The zero-order chi connectivity index (χ0) is 13.8. The molecule has 1 amide bonds. The van der Waals surface area contributed by atoms with Gasteiger partial charge >= 0.3 is 0 Å². The summed E-state index contributed by atoms with van der Waals surface area (Å²) in [6.07, 6.45) is 4.67. The second-order valence-electron chi connectivity index (χ2n) is 5.48. The van der Waals surface area contributed by atoms with E-state index in [2.05, 4.69) is 6.92 Å². The third-order valence-corrected chi connectivity index (χ3v) is 4.02. The van der Waals surface area contributed by atoms with E-state index in [1.54, 1.807) is 13.0 Å². The molecule has 0 aromatic heterocycles. The number of likely N-dealkylation sites (tertiary alicyclic amines) is 1. The Morgan fingerprint density at radius 2 is 2.05 bits per heavy atom. The highest BCUT2D eigenvalue weighted by atomic mass is 19.1. The summed E-state index contributed by atoms with van der Waals surface area (Å²) in [7, 11) is 0. The van der Waals surface area contributed by atoms with E-state index in [0.717, 1.165) is 37.4 Å². The lowest BCUT2D eigenvalue weighted by Crippen LogP contribution is -2.38. The summed E-state index contributed by atoms with van der Waals surface area (Å²) < 4.78 is 13.1. The summed E-state index contributed by atoms with van der Waals surface area (Å²) in [5.74, 6) is 0.534. The summed E-state index contributed by atoms with van der Waals surface area (Å²) in [5.41, 5.74) is 1.36. The summed E-state index contributed by atoms with van der Waals surface area (Å²) in [4.78, 5) is 14.3. The van der Waals surface area contributed by atoms with Gasteiger partial charge in [0.1, 0.15) is 5.82 Å². The standard InChI is InChI=1S/C16H22FNO/c1-3-4-13-7-9-18(10-8-13)16(19)15-6-5-14(17)11-12(15)2/h5-6,11,13H,3-4,7-10H2,1-2H3. The normalized spacial score (nSPS) is 16.7. The first-order chi connectivity index (χ1) is 9.11. The van der Waals surface area contributed by atoms with E-state index in [1.165, 1.54) is 25.0 Å². The molecular weight excluding hydrogens is 241 g/mol. The molecule has 0 unspecified atom stereocenters. The van der Waals surface area contributed by atoms with Crippen LogP contribution < -0.4 is 0 Å². The highest BCUT2D eigenvalue weighted by molar-refractivity contribution is 5.95. The number of piperidine rings is 1. The van der Waals surface area contributed by atoms with Gasteiger partial charge in [0.2, 0.25) is 0 Å². The Balaban J connectivity index is 2.01. The van der Waals surface area contributed by atoms with Gasteiger partial charge in [0.15, 0.2) is 0 Å². The van der Waals surface area contributed by atoms with E-state index >= 15 is 0 Å². The van der Waals surface area contributed by atoms with Crippen LogP contribution in [0.3, 0.4) is 0 Å². The van der Waals surface area contributed by atoms with Crippen LogP contribution in [0.4, 0.5) is 4.39 Å². The smallest absolute Gasteiger partial charge is 0.254 e. The van der Waals surface area contributed by atoms with Crippen molar-refractivity contribution in [3.05, 3.63) is 35.1 Å². The highest BCUT2D eigenvalue weighted by Gasteiger charge is 2.23. The Morgan fingerprint density at radius 3 is 2.63 bits per heavy atom. The molecule has 3 heteroatoms. The van der Waals surface area contributed by atoms with Gasteiger partial charge in [-0.15, -0.1) is 0 Å². The molecule has 2 nitrogen and oxygen atoms in total. The number of benzene rings is 1. The second-order valence-corrected chi connectivity index (χ2v) is 5.48. The van der Waals surface area contributed by atoms with Crippen LogP contribution in [-0.2, 0) is 0 Å². The van der Waals surface area contributed by atoms with Crippen molar-refractivity contribution in [3.8, 4) is 0 Å². The topological polar surface area (TPSA) is 20.3 Å². The molecule has 0 N–H and O–H groups in total. The zero-order valence-corrected chi connectivity index (χ0v) is 11.8. The molecule has 1 saturated heterocycles. The number of carbonyl (C=O) groups excluding carboxylic acids is 1. The van der Waals surface area contributed by atoms with E-state index in [0.29, 0.717) is 5.56 Å². The lowest BCUT2D eigenvalue weighted by atomic mass is 9.92. The molecule has 1 aromatic rings. The fourth-order valence-corrected chi connectivity index (χ4v) is 2.87. The fourth-order valence-electron chi connectivity index (χ4n) is 2.87. The van der Waals surface area contributed by atoms with Gasteiger partial charge < -0.3 is 4.90 Å². The Labute approximate surface area is 114 Å². The van der Waals surface area contributed by atoms with Crippen LogP contribution in [0.2, 0.25) is 0 Å². The molecule has 104 valence electrons. The van der Waals surface area contributed by atoms with E-state index < -0.39 is 0 Å². The lowest BCUT2D eigenvalue weighted by molar-refractivity contribution is 0.0686. The number of hydrogen-bond donors (Lipinski definition) is 0. The van der Waals surface area contributed by atoms with Crippen LogP contribution in [0.15, 0.2) is 18.2 Å². The molecule has 1 aliphatic heterocycles. The van der Waals surface area contributed by atoms with Crippen LogP contribution in [-0.4, -0.2) is 23.9 Å². The number of rotatable bonds is 3. The minimum absolute atomic E-state index is 0.0486. The van der Waals surface area contributed by atoms with Gasteiger partial charge in [-0.25, -0.2) is 4.39 Å². The maximum atomic E-state index is 13.1. The lowest BCUT2D eigenvalue weighted by Gasteiger charge is -2.32. The average molecular weight is 263 g/mol. The van der Waals surface area contributed by atoms with Gasteiger partial charge in [-0.2, -0.15) is 0 Å². The molecule has 0 atom stereocenters. The van der Waals surface area contributed by atoms with E-state index in [4.69, 9.17) is 0 Å². The first-order valence-electron chi connectivity index (χ1n) is 7.17. The van der Waals surface area contributed by atoms with Crippen molar-refractivity contribution in [2.75, 3.05) is 13.1 Å². The molecule has 0 radical (unpaired) electrons. The summed E-state index contributed by atoms with van der Waals surface area (Å²) in [6.45, 7) is 5.67. The molecule has 2 rings (SSSR count). The molecule has 0 aliphatic carbocycles. The molecule has 1 aromatic carbocycles. The predicted octanol–water partition coefficient (Wildman–Crippen LogP) is 3.79. The quantitative estimate of drug-likeness (QED) is 0.812. The molecule has 0 spiro atoms. The van der Waals surface area contributed by atoms with Crippen LogP contribution in [0.25, 0.3) is 0 Å². The van der Waals surface area contributed by atoms with Crippen molar-refractivity contribution in [3.63, 3.8) is 0 Å². The van der Waals surface area contributed by atoms with Gasteiger partial charge in [-0.05, 0) is 49.4 Å². The van der Waals surface area contributed by atoms with Crippen molar-refractivity contribution in [1.29, 1.82) is 0 Å². The number of amides is 1. The Bertz CT molecular complexity index is 450. The molecule has 19 heavy (non-hydrogen) atoms. The summed E-state index contributed by atoms with van der Waals surface area (Å²) in [6, 6.07) is 4.40. The minimum atomic E-state index is -0.282. The first-order valence-corrected chi connectivity index (χ1v) is 7.17. The molecule has 1 heterocycles. The van der Waals surface area contributed by atoms with Gasteiger partial charge in [0.25, 0.3) is 5.91 Å². The molecule has 0 bridgehead atoms. The molecule has 1 aliphatic rings. The fraction of sp³-hybridized carbons (Fsp3) is 0.562. The molecular formula is C16H22FNO. The van der Waals surface area contributed by atoms with Crippen molar-refractivity contribution >= 4 is 5.91 Å². The Kier molecular flexibility index (Phi) is 4.56. The van der Waals surface area contributed by atoms with Crippen molar-refractivity contribution in [2.24, 2.45) is 5.92 Å². The summed E-state index contributed by atoms with van der Waals surface area (Å²) in [5, 5.41) is 0. The van der Waals surface area contributed by atoms with Crippen LogP contribution >= 0.6 is 0 Å². The maximum absolute atomic E-state index is 13.1. The number of hydrogen-bond acceptors (Lipinski definition) is 1. The van der Waals surface area contributed by atoms with Gasteiger partial charge in [-0.3, -0.25) is 4.79 Å². The Hall–Kier alpha value is -1.38. The van der Waals surface area contributed by atoms with Crippen molar-refractivity contribution in [1.82, 2.24) is 4.90 Å². The number of halogens is 1. The number of carbonyl (C=O) groups is 1. The second kappa shape index (κ2) is 6.18. The van der Waals surface area contributed by atoms with E-state index in [-0.39, 0.29) is 11.7 Å². The van der Waals surface area contributed by atoms with Gasteiger partial charge in [-0.1, -0.05) is 19.8 Å². The monoisotopic (exact) mass is 263 g/mol. The number of aryl methyl sites for hydroxylation is 1. The summed E-state index contributed by atoms with van der Waals surface area (Å²) >= 11 is 0. The third kappa shape index (κ3) is 3.34. The third-order valence-electron chi connectivity index (χ3n) is 4.02. The Morgan fingerprint density at radius 1 is 1.37 bits per heavy atom. The zero-order valence-electron chi connectivity index (χ0n) is 11.8. The average Bonchev–Trinajstić information content (AvgIpc) is 2.39. The van der Waals surface area contributed by atoms with E-state index in [1.807, 2.05) is 4.90 Å². The predicted molar refractivity (Wildman–Crippen MR) is 74.7 cm³/mol. The van der Waals surface area contributed by atoms with Crippen molar-refractivity contribution in [2.45, 2.75) is 39.5 Å². The van der Waals surface area contributed by atoms with Crippen LogP contribution in [0.1, 0.15) is 48.5 Å². The van der Waals surface area contributed by atoms with Crippen LogP contribution in [0.5, 0.6) is 0 Å². The first kappa shape index (κ1) is 14.0. The minimum Gasteiger partial charge on any atom is -0.339 e. The largest absolute Gasteiger partial charge is 0.339 e. The number of nitrogens with zero attached hydrogens (tertiary/aromatic N) is 1.